The predicted molar refractivity (Wildman–Crippen MR) is 87.7 cm³/mol. The highest BCUT2D eigenvalue weighted by Gasteiger charge is 2.20. The maximum absolute atomic E-state index is 12.3. The molecule has 1 aromatic rings. The molecule has 1 aliphatic rings. The molecule has 1 saturated heterocycles. The van der Waals surface area contributed by atoms with Crippen LogP contribution in [0.1, 0.15) is 25.0 Å². The number of carbonyl (C=O) groups excluding carboxylic acids is 1. The van der Waals surface area contributed by atoms with Crippen molar-refractivity contribution in [3.63, 3.8) is 0 Å². The maximum Gasteiger partial charge on any atom is 0.241 e. The van der Waals surface area contributed by atoms with Gasteiger partial charge in [0.15, 0.2) is 0 Å². The van der Waals surface area contributed by atoms with Crippen LogP contribution >= 0.6 is 0 Å². The number of rotatable bonds is 5. The molecule has 1 heterocycles. The van der Waals surface area contributed by atoms with Crippen molar-refractivity contribution in [2.75, 3.05) is 44.6 Å². The average molecular weight is 289 g/mol. The summed E-state index contributed by atoms with van der Waals surface area (Å²) in [6.45, 7) is 11.6. The van der Waals surface area contributed by atoms with Gasteiger partial charge in [-0.2, -0.15) is 0 Å². The monoisotopic (exact) mass is 289 g/mol. The van der Waals surface area contributed by atoms with Crippen LogP contribution in [0, 0.1) is 6.92 Å². The quantitative estimate of drug-likeness (QED) is 0.902. The van der Waals surface area contributed by atoms with Crippen LogP contribution in [0.25, 0.3) is 0 Å². The lowest BCUT2D eigenvalue weighted by Gasteiger charge is -2.34. The third-order valence-corrected chi connectivity index (χ3v) is 4.33. The van der Waals surface area contributed by atoms with E-state index in [1.54, 1.807) is 0 Å². The molecule has 1 fully saturated rings. The number of amides is 1. The van der Waals surface area contributed by atoms with Gasteiger partial charge in [-0.15, -0.1) is 0 Å². The van der Waals surface area contributed by atoms with Crippen molar-refractivity contribution in [2.24, 2.45) is 0 Å². The Hall–Kier alpha value is -1.55. The molecule has 0 radical (unpaired) electrons. The average Bonchev–Trinajstić information content (AvgIpc) is 2.53. The van der Waals surface area contributed by atoms with Gasteiger partial charge in [0.2, 0.25) is 5.91 Å². The summed E-state index contributed by atoms with van der Waals surface area (Å²) in [4.78, 5) is 16.7. The van der Waals surface area contributed by atoms with Crippen LogP contribution in [0.4, 0.5) is 5.69 Å². The molecular weight excluding hydrogens is 262 g/mol. The second-order valence-corrected chi connectivity index (χ2v) is 5.63. The van der Waals surface area contributed by atoms with Gasteiger partial charge in [0.25, 0.3) is 0 Å². The van der Waals surface area contributed by atoms with E-state index in [0.717, 1.165) is 44.8 Å². The Bertz CT molecular complexity index is 479. The van der Waals surface area contributed by atoms with Crippen LogP contribution in [-0.4, -0.2) is 55.0 Å². The van der Waals surface area contributed by atoms with Crippen LogP contribution in [-0.2, 0) is 11.2 Å². The lowest BCUT2D eigenvalue weighted by molar-refractivity contribution is -0.131. The van der Waals surface area contributed by atoms with Crippen molar-refractivity contribution in [1.82, 2.24) is 9.80 Å². The first-order valence-corrected chi connectivity index (χ1v) is 7.98. The molecule has 0 aromatic heterocycles. The molecule has 4 heteroatoms. The first kappa shape index (κ1) is 15.8. The minimum absolute atomic E-state index is 0.205. The zero-order valence-electron chi connectivity index (χ0n) is 13.5. The molecule has 0 spiro atoms. The number of carbonyl (C=O) groups is 1. The van der Waals surface area contributed by atoms with Crippen molar-refractivity contribution < 1.29 is 4.79 Å². The van der Waals surface area contributed by atoms with E-state index in [1.807, 2.05) is 4.90 Å². The van der Waals surface area contributed by atoms with Crippen molar-refractivity contribution in [1.29, 1.82) is 0 Å². The summed E-state index contributed by atoms with van der Waals surface area (Å²) >= 11 is 0. The summed E-state index contributed by atoms with van der Waals surface area (Å²) in [7, 11) is 0. The molecule has 21 heavy (non-hydrogen) atoms. The zero-order chi connectivity index (χ0) is 15.2. The Balaban J connectivity index is 1.90. The van der Waals surface area contributed by atoms with Crippen LogP contribution in [0.5, 0.6) is 0 Å². The summed E-state index contributed by atoms with van der Waals surface area (Å²) in [5.74, 6) is 0.205. The minimum atomic E-state index is 0.205. The van der Waals surface area contributed by atoms with Gasteiger partial charge >= 0.3 is 0 Å². The molecule has 1 aliphatic heterocycles. The maximum atomic E-state index is 12.3. The number of anilines is 1. The van der Waals surface area contributed by atoms with Gasteiger partial charge in [0.05, 0.1) is 6.54 Å². The van der Waals surface area contributed by atoms with Gasteiger partial charge in [-0.05, 0) is 31.0 Å². The smallest absolute Gasteiger partial charge is 0.241 e. The van der Waals surface area contributed by atoms with E-state index in [4.69, 9.17) is 0 Å². The summed E-state index contributed by atoms with van der Waals surface area (Å²) in [5, 5.41) is 3.35. The number of aryl methyl sites for hydroxylation is 2. The van der Waals surface area contributed by atoms with E-state index in [0.29, 0.717) is 6.54 Å². The van der Waals surface area contributed by atoms with Gasteiger partial charge in [-0.1, -0.05) is 32.0 Å². The van der Waals surface area contributed by atoms with E-state index < -0.39 is 0 Å². The third-order valence-electron chi connectivity index (χ3n) is 4.33. The first-order chi connectivity index (χ1) is 10.2. The van der Waals surface area contributed by atoms with E-state index in [2.05, 4.69) is 49.2 Å². The second kappa shape index (κ2) is 7.46. The normalized spacial score (nSPS) is 16.0. The van der Waals surface area contributed by atoms with Crippen molar-refractivity contribution >= 4 is 11.6 Å². The summed E-state index contributed by atoms with van der Waals surface area (Å²) in [6.07, 6.45) is 0.980. The molecule has 116 valence electrons. The molecule has 2 rings (SSSR count). The molecule has 0 atom stereocenters. The molecule has 4 nitrogen and oxygen atoms in total. The third kappa shape index (κ3) is 3.97. The molecule has 0 saturated carbocycles. The van der Waals surface area contributed by atoms with E-state index in [-0.39, 0.29) is 5.91 Å². The largest absolute Gasteiger partial charge is 0.376 e. The van der Waals surface area contributed by atoms with E-state index in [9.17, 15) is 4.79 Å². The summed E-state index contributed by atoms with van der Waals surface area (Å²) in [6, 6.07) is 6.29. The number of nitrogens with one attached hydrogen (secondary N) is 1. The highest BCUT2D eigenvalue weighted by Crippen LogP contribution is 2.20. The SMILES string of the molecule is CCc1cccc(C)c1NCC(=O)N1CCN(CC)CC1. The van der Waals surface area contributed by atoms with Crippen molar-refractivity contribution in [3.05, 3.63) is 29.3 Å². The molecule has 1 aromatic carbocycles. The fourth-order valence-corrected chi connectivity index (χ4v) is 2.87. The molecule has 0 unspecified atom stereocenters. The highest BCUT2D eigenvalue weighted by molar-refractivity contribution is 5.81. The summed E-state index contributed by atoms with van der Waals surface area (Å²) < 4.78 is 0. The first-order valence-electron chi connectivity index (χ1n) is 7.98. The molecule has 1 N–H and O–H groups in total. The number of para-hydroxylation sites is 1. The fraction of sp³-hybridized carbons (Fsp3) is 0.588. The van der Waals surface area contributed by atoms with Crippen LogP contribution in [0.2, 0.25) is 0 Å². The van der Waals surface area contributed by atoms with Crippen LogP contribution < -0.4 is 5.32 Å². The minimum Gasteiger partial charge on any atom is -0.376 e. The fourth-order valence-electron chi connectivity index (χ4n) is 2.87. The Kier molecular flexibility index (Phi) is 5.62. The number of nitrogens with zero attached hydrogens (tertiary/aromatic N) is 2. The lowest BCUT2D eigenvalue weighted by Crippen LogP contribution is -2.49. The zero-order valence-corrected chi connectivity index (χ0v) is 13.5. The lowest BCUT2D eigenvalue weighted by atomic mass is 10.1. The summed E-state index contributed by atoms with van der Waals surface area (Å²) in [5.41, 5.74) is 3.61. The predicted octanol–water partition coefficient (Wildman–Crippen LogP) is 2.13. The van der Waals surface area contributed by atoms with Crippen molar-refractivity contribution in [2.45, 2.75) is 27.2 Å². The van der Waals surface area contributed by atoms with Gasteiger partial charge < -0.3 is 15.1 Å². The van der Waals surface area contributed by atoms with Gasteiger partial charge in [0, 0.05) is 31.9 Å². The highest BCUT2D eigenvalue weighted by atomic mass is 16.2. The Labute approximate surface area is 128 Å². The van der Waals surface area contributed by atoms with E-state index in [1.165, 1.54) is 11.1 Å². The Morgan fingerprint density at radius 3 is 2.52 bits per heavy atom. The number of hydrogen-bond acceptors (Lipinski definition) is 3. The van der Waals surface area contributed by atoms with Gasteiger partial charge in [0.1, 0.15) is 0 Å². The topological polar surface area (TPSA) is 35.6 Å². The standard InChI is InChI=1S/C17H27N3O/c1-4-15-8-6-7-14(3)17(15)18-13-16(21)20-11-9-19(5-2)10-12-20/h6-8,18H,4-5,9-13H2,1-3H3. The molecular formula is C17H27N3O. The number of piperazine rings is 1. The second-order valence-electron chi connectivity index (χ2n) is 5.63. The number of benzene rings is 1. The number of likely N-dealkylation sites (N-methyl/N-ethyl adjacent to an activating group) is 1. The Morgan fingerprint density at radius 2 is 1.90 bits per heavy atom. The number of hydrogen-bond donors (Lipinski definition) is 1. The van der Waals surface area contributed by atoms with Gasteiger partial charge in [-0.25, -0.2) is 0 Å². The molecule has 0 aliphatic carbocycles. The van der Waals surface area contributed by atoms with Crippen LogP contribution in [0.15, 0.2) is 18.2 Å². The molecule has 1 amide bonds. The van der Waals surface area contributed by atoms with Gasteiger partial charge in [-0.3, -0.25) is 4.79 Å². The van der Waals surface area contributed by atoms with Crippen LogP contribution in [0.3, 0.4) is 0 Å². The van der Waals surface area contributed by atoms with Crippen molar-refractivity contribution in [3.8, 4) is 0 Å². The Morgan fingerprint density at radius 1 is 1.19 bits per heavy atom. The van der Waals surface area contributed by atoms with E-state index >= 15 is 0 Å². The molecule has 0 bridgehead atoms.